The Labute approximate surface area is 130 Å². The van der Waals surface area contributed by atoms with E-state index in [1.807, 2.05) is 19.9 Å². The van der Waals surface area contributed by atoms with Gasteiger partial charge in [0.05, 0.1) is 5.69 Å². The van der Waals surface area contributed by atoms with Crippen LogP contribution in [0.4, 0.5) is 15.8 Å². The Balaban J connectivity index is 2.01. The van der Waals surface area contributed by atoms with Crippen LogP contribution in [0.15, 0.2) is 30.3 Å². The third kappa shape index (κ3) is 2.53. The topological polar surface area (TPSA) is 68.0 Å². The number of benzene rings is 1. The fourth-order valence-electron chi connectivity index (χ4n) is 2.39. The Hall–Kier alpha value is -2.47. The normalized spacial score (nSPS) is 10.9. The predicted octanol–water partition coefficient (Wildman–Crippen LogP) is 3.89. The molecular weight excluding hydrogens is 301 g/mol. The molecule has 6 heteroatoms. The summed E-state index contributed by atoms with van der Waals surface area (Å²) in [5.74, 6) is -0.765. The van der Waals surface area contributed by atoms with Gasteiger partial charge in [0.15, 0.2) is 0 Å². The molecule has 0 unspecified atom stereocenters. The number of nitrogens with one attached hydrogen (secondary N) is 1. The van der Waals surface area contributed by atoms with Crippen molar-refractivity contribution in [2.24, 2.45) is 0 Å². The molecule has 4 nitrogen and oxygen atoms in total. The number of carbonyl (C=O) groups excluding carboxylic acids is 1. The minimum absolute atomic E-state index is 0.358. The van der Waals surface area contributed by atoms with Crippen LogP contribution in [-0.2, 0) is 0 Å². The average molecular weight is 315 g/mol. The highest BCUT2D eigenvalue weighted by Gasteiger charge is 2.19. The first kappa shape index (κ1) is 14.5. The maximum Gasteiger partial charge on any atom is 0.267 e. The number of pyridine rings is 1. The second-order valence-electron chi connectivity index (χ2n) is 5.07. The van der Waals surface area contributed by atoms with Crippen LogP contribution < -0.4 is 11.1 Å². The molecule has 0 radical (unpaired) electrons. The highest BCUT2D eigenvalue weighted by atomic mass is 32.1. The van der Waals surface area contributed by atoms with Crippen molar-refractivity contribution in [3.63, 3.8) is 0 Å². The second-order valence-corrected chi connectivity index (χ2v) is 6.07. The number of carbonyl (C=O) groups is 1. The summed E-state index contributed by atoms with van der Waals surface area (Å²) in [5.41, 5.74) is 8.78. The SMILES string of the molecule is Cc1cc(C)c2c(N)c(C(=O)Nc3cccc(F)c3)sc2n1. The van der Waals surface area contributed by atoms with Crippen molar-refractivity contribution in [3.05, 3.63) is 52.3 Å². The van der Waals surface area contributed by atoms with Crippen LogP contribution in [-0.4, -0.2) is 10.9 Å². The molecule has 1 amide bonds. The molecule has 0 aliphatic heterocycles. The fourth-order valence-corrected chi connectivity index (χ4v) is 3.50. The number of thiophene rings is 1. The zero-order valence-electron chi connectivity index (χ0n) is 12.1. The third-order valence-electron chi connectivity index (χ3n) is 3.31. The Morgan fingerprint density at radius 3 is 2.82 bits per heavy atom. The first-order chi connectivity index (χ1) is 10.5. The Morgan fingerprint density at radius 1 is 1.32 bits per heavy atom. The summed E-state index contributed by atoms with van der Waals surface area (Å²) >= 11 is 1.24. The fraction of sp³-hybridized carbons (Fsp3) is 0.125. The molecule has 3 aromatic rings. The molecule has 0 fully saturated rings. The van der Waals surface area contributed by atoms with Gasteiger partial charge in [-0.25, -0.2) is 9.37 Å². The van der Waals surface area contributed by atoms with Crippen molar-refractivity contribution >= 4 is 38.8 Å². The van der Waals surface area contributed by atoms with Crippen LogP contribution in [0.1, 0.15) is 20.9 Å². The molecule has 1 aromatic carbocycles. The Bertz CT molecular complexity index is 888. The number of fused-ring (bicyclic) bond motifs is 1. The number of hydrogen-bond acceptors (Lipinski definition) is 4. The molecule has 3 rings (SSSR count). The van der Waals surface area contributed by atoms with Crippen LogP contribution >= 0.6 is 11.3 Å². The number of hydrogen-bond donors (Lipinski definition) is 2. The van der Waals surface area contributed by atoms with E-state index in [1.54, 1.807) is 6.07 Å². The average Bonchev–Trinajstić information content (AvgIpc) is 2.76. The Morgan fingerprint density at radius 2 is 2.09 bits per heavy atom. The summed E-state index contributed by atoms with van der Waals surface area (Å²) in [6.45, 7) is 3.84. The monoisotopic (exact) mass is 315 g/mol. The van der Waals surface area contributed by atoms with Gasteiger partial charge in [-0.1, -0.05) is 6.07 Å². The van der Waals surface area contributed by atoms with Crippen LogP contribution in [0.5, 0.6) is 0 Å². The molecule has 0 aliphatic carbocycles. The maximum atomic E-state index is 13.2. The minimum atomic E-state index is -0.407. The summed E-state index contributed by atoms with van der Waals surface area (Å²) < 4.78 is 13.2. The van der Waals surface area contributed by atoms with Gasteiger partial charge in [0.2, 0.25) is 0 Å². The largest absolute Gasteiger partial charge is 0.397 e. The lowest BCUT2D eigenvalue weighted by Gasteiger charge is -2.04. The van der Waals surface area contributed by atoms with Gasteiger partial charge >= 0.3 is 0 Å². The lowest BCUT2D eigenvalue weighted by Crippen LogP contribution is -2.12. The smallest absolute Gasteiger partial charge is 0.267 e. The molecule has 112 valence electrons. The number of nitrogen functional groups attached to an aromatic ring is 1. The number of rotatable bonds is 2. The van der Waals surface area contributed by atoms with Crippen LogP contribution in [0.2, 0.25) is 0 Å². The summed E-state index contributed by atoms with van der Waals surface area (Å²) in [4.78, 5) is 17.9. The maximum absolute atomic E-state index is 13.2. The van der Waals surface area contributed by atoms with Crippen molar-refractivity contribution in [3.8, 4) is 0 Å². The zero-order valence-corrected chi connectivity index (χ0v) is 12.9. The van der Waals surface area contributed by atoms with E-state index in [0.29, 0.717) is 16.3 Å². The van der Waals surface area contributed by atoms with E-state index in [0.717, 1.165) is 21.5 Å². The van der Waals surface area contributed by atoms with Gasteiger partial charge in [0, 0.05) is 16.8 Å². The summed E-state index contributed by atoms with van der Waals surface area (Å²) in [7, 11) is 0. The van der Waals surface area contributed by atoms with Crippen molar-refractivity contribution in [2.75, 3.05) is 11.1 Å². The van der Waals surface area contributed by atoms with Gasteiger partial charge in [-0.15, -0.1) is 11.3 Å². The Kier molecular flexibility index (Phi) is 3.54. The van der Waals surface area contributed by atoms with Gasteiger partial charge in [-0.2, -0.15) is 0 Å². The summed E-state index contributed by atoms with van der Waals surface area (Å²) in [6.07, 6.45) is 0. The zero-order chi connectivity index (χ0) is 15.9. The van der Waals surface area contributed by atoms with Crippen LogP contribution in [0.25, 0.3) is 10.2 Å². The van der Waals surface area contributed by atoms with Gasteiger partial charge in [-0.3, -0.25) is 4.79 Å². The van der Waals surface area contributed by atoms with E-state index in [9.17, 15) is 9.18 Å². The molecular formula is C16H14FN3OS. The number of anilines is 2. The van der Waals surface area contributed by atoms with Crippen LogP contribution in [0.3, 0.4) is 0 Å². The van der Waals surface area contributed by atoms with E-state index in [4.69, 9.17) is 5.73 Å². The van der Waals surface area contributed by atoms with E-state index >= 15 is 0 Å². The molecule has 2 aromatic heterocycles. The van der Waals surface area contributed by atoms with E-state index in [2.05, 4.69) is 10.3 Å². The summed E-state index contributed by atoms with van der Waals surface area (Å²) in [6, 6.07) is 7.67. The molecule has 2 heterocycles. The predicted molar refractivity (Wildman–Crippen MR) is 87.9 cm³/mol. The number of aryl methyl sites for hydroxylation is 2. The molecule has 0 spiro atoms. The second kappa shape index (κ2) is 5.38. The minimum Gasteiger partial charge on any atom is -0.397 e. The lowest BCUT2D eigenvalue weighted by molar-refractivity contribution is 0.103. The quantitative estimate of drug-likeness (QED) is 0.754. The van der Waals surface area contributed by atoms with E-state index in [1.165, 1.54) is 29.5 Å². The van der Waals surface area contributed by atoms with Gasteiger partial charge in [0.25, 0.3) is 5.91 Å². The first-order valence-corrected chi connectivity index (χ1v) is 7.50. The highest BCUT2D eigenvalue weighted by Crippen LogP contribution is 2.35. The first-order valence-electron chi connectivity index (χ1n) is 6.69. The van der Waals surface area contributed by atoms with Gasteiger partial charge < -0.3 is 11.1 Å². The van der Waals surface area contributed by atoms with Gasteiger partial charge in [0.1, 0.15) is 15.5 Å². The van der Waals surface area contributed by atoms with Crippen molar-refractivity contribution in [2.45, 2.75) is 13.8 Å². The van der Waals surface area contributed by atoms with Crippen molar-refractivity contribution in [1.29, 1.82) is 0 Å². The number of nitrogens with zero attached hydrogens (tertiary/aromatic N) is 1. The highest BCUT2D eigenvalue weighted by molar-refractivity contribution is 7.21. The standard InChI is InChI=1S/C16H14FN3OS/c1-8-6-9(2)19-16-12(8)13(18)14(22-16)15(21)20-11-5-3-4-10(17)7-11/h3-7H,18H2,1-2H3,(H,20,21). The van der Waals surface area contributed by atoms with Crippen molar-refractivity contribution in [1.82, 2.24) is 4.98 Å². The molecule has 0 saturated heterocycles. The van der Waals surface area contributed by atoms with Crippen LogP contribution in [0, 0.1) is 19.7 Å². The molecule has 0 aliphatic rings. The van der Waals surface area contributed by atoms with E-state index < -0.39 is 5.82 Å². The number of nitrogens with two attached hydrogens (primary N) is 1. The molecule has 0 bridgehead atoms. The lowest BCUT2D eigenvalue weighted by atomic mass is 10.1. The van der Waals surface area contributed by atoms with Crippen molar-refractivity contribution < 1.29 is 9.18 Å². The third-order valence-corrected chi connectivity index (χ3v) is 4.41. The number of halogens is 1. The summed E-state index contributed by atoms with van der Waals surface area (Å²) in [5, 5.41) is 3.46. The number of aromatic nitrogens is 1. The molecule has 0 saturated carbocycles. The molecule has 0 atom stereocenters. The van der Waals surface area contributed by atoms with E-state index in [-0.39, 0.29) is 5.91 Å². The van der Waals surface area contributed by atoms with Gasteiger partial charge in [-0.05, 0) is 43.7 Å². The molecule has 22 heavy (non-hydrogen) atoms. The molecule has 3 N–H and O–H groups in total. The number of amides is 1.